The third-order valence-electron chi connectivity index (χ3n) is 2.93. The molecule has 0 saturated heterocycles. The Bertz CT molecular complexity index is 409. The quantitative estimate of drug-likeness (QED) is 0.908. The number of thioether (sulfide) groups is 1. The van der Waals surface area contributed by atoms with Crippen LogP contribution in [-0.4, -0.2) is 30.4 Å². The lowest BCUT2D eigenvalue weighted by atomic mass is 10.1. The molecule has 6 heteroatoms. The van der Waals surface area contributed by atoms with Crippen molar-refractivity contribution in [3.05, 3.63) is 24.3 Å². The number of halogens is 3. The minimum atomic E-state index is -4.14. The number of alkyl halides is 3. The van der Waals surface area contributed by atoms with Gasteiger partial charge in [0.25, 0.3) is 0 Å². The van der Waals surface area contributed by atoms with E-state index in [4.69, 9.17) is 0 Å². The van der Waals surface area contributed by atoms with Crippen LogP contribution < -0.4 is 10.2 Å². The van der Waals surface area contributed by atoms with Gasteiger partial charge in [0.05, 0.1) is 11.4 Å². The molecule has 1 N–H and O–H groups in total. The van der Waals surface area contributed by atoms with Gasteiger partial charge >= 0.3 is 5.51 Å². The van der Waals surface area contributed by atoms with Gasteiger partial charge in [-0.2, -0.15) is 13.2 Å². The summed E-state index contributed by atoms with van der Waals surface area (Å²) in [6.45, 7) is 3.18. The minimum Gasteiger partial charge on any atom is -0.381 e. The summed E-state index contributed by atoms with van der Waals surface area (Å²) < 4.78 is 36.4. The van der Waals surface area contributed by atoms with Crippen molar-refractivity contribution >= 4 is 23.1 Å². The number of anilines is 2. The predicted molar refractivity (Wildman–Crippen MR) is 70.3 cm³/mol. The number of benzene rings is 1. The number of nitrogens with zero attached hydrogens (tertiary/aromatic N) is 1. The smallest absolute Gasteiger partial charge is 0.381 e. The van der Waals surface area contributed by atoms with Crippen molar-refractivity contribution in [2.75, 3.05) is 29.1 Å². The molecule has 2 nitrogen and oxygen atoms in total. The lowest BCUT2D eigenvalue weighted by Gasteiger charge is -2.37. The molecule has 1 aromatic rings. The van der Waals surface area contributed by atoms with E-state index in [-0.39, 0.29) is 23.6 Å². The molecule has 1 unspecified atom stereocenters. The van der Waals surface area contributed by atoms with E-state index in [1.54, 1.807) is 0 Å². The molecule has 1 aliphatic heterocycles. The van der Waals surface area contributed by atoms with Crippen LogP contribution in [0.5, 0.6) is 0 Å². The van der Waals surface area contributed by atoms with Crippen LogP contribution in [0.25, 0.3) is 0 Å². The molecule has 1 aliphatic rings. The Labute approximate surface area is 109 Å². The first-order valence-electron chi connectivity index (χ1n) is 5.77. The van der Waals surface area contributed by atoms with E-state index in [1.807, 2.05) is 36.1 Å². The van der Waals surface area contributed by atoms with Crippen LogP contribution in [0.3, 0.4) is 0 Å². The Kier molecular flexibility index (Phi) is 3.94. The van der Waals surface area contributed by atoms with Gasteiger partial charge in [0.1, 0.15) is 0 Å². The Morgan fingerprint density at radius 1 is 1.39 bits per heavy atom. The monoisotopic (exact) mass is 276 g/mol. The normalized spacial score (nSPS) is 19.3. The first-order valence-corrected chi connectivity index (χ1v) is 6.76. The fourth-order valence-corrected chi connectivity index (χ4v) is 2.60. The molecule has 18 heavy (non-hydrogen) atoms. The van der Waals surface area contributed by atoms with E-state index in [0.717, 1.165) is 17.9 Å². The summed E-state index contributed by atoms with van der Waals surface area (Å²) in [5, 5.41) is 3.28. The molecule has 0 saturated carbocycles. The zero-order chi connectivity index (χ0) is 13.2. The summed E-state index contributed by atoms with van der Waals surface area (Å²) in [7, 11) is 0. The van der Waals surface area contributed by atoms with Crippen molar-refractivity contribution in [2.24, 2.45) is 0 Å². The molecular formula is C12H15F3N2S. The molecule has 1 aromatic carbocycles. The standard InChI is InChI=1S/C12H15F3N2S/c1-9-8-16-10-4-2-3-5-11(10)17(9)6-7-18-12(13,14)15/h2-5,9,16H,6-8H2,1H3. The summed E-state index contributed by atoms with van der Waals surface area (Å²) in [5.74, 6) is 0.0577. The molecule has 2 rings (SSSR count). The van der Waals surface area contributed by atoms with Gasteiger partial charge in [-0.3, -0.25) is 0 Å². The maximum atomic E-state index is 12.1. The molecule has 100 valence electrons. The number of fused-ring (bicyclic) bond motifs is 1. The molecule has 0 aliphatic carbocycles. The average molecular weight is 276 g/mol. The van der Waals surface area contributed by atoms with E-state index >= 15 is 0 Å². The van der Waals surface area contributed by atoms with Gasteiger partial charge in [-0.15, -0.1) is 0 Å². The molecule has 0 spiro atoms. The highest BCUT2D eigenvalue weighted by atomic mass is 32.2. The van der Waals surface area contributed by atoms with Gasteiger partial charge in [-0.1, -0.05) is 12.1 Å². The first kappa shape index (κ1) is 13.4. The van der Waals surface area contributed by atoms with Gasteiger partial charge in [0, 0.05) is 24.9 Å². The zero-order valence-corrected chi connectivity index (χ0v) is 10.8. The maximum Gasteiger partial charge on any atom is 0.441 e. The number of hydrogen-bond donors (Lipinski definition) is 1. The Hall–Kier alpha value is -1.04. The summed E-state index contributed by atoms with van der Waals surface area (Å²) >= 11 is 0.0418. The van der Waals surface area contributed by atoms with Crippen LogP contribution >= 0.6 is 11.8 Å². The molecule has 1 atom stereocenters. The van der Waals surface area contributed by atoms with Crippen LogP contribution in [-0.2, 0) is 0 Å². The van der Waals surface area contributed by atoms with Gasteiger partial charge < -0.3 is 10.2 Å². The molecule has 0 bridgehead atoms. The summed E-state index contributed by atoms with van der Waals surface area (Å²) in [6.07, 6.45) is 0. The van der Waals surface area contributed by atoms with E-state index in [9.17, 15) is 13.2 Å². The molecule has 0 radical (unpaired) electrons. The van der Waals surface area contributed by atoms with Gasteiger partial charge in [0.2, 0.25) is 0 Å². The van der Waals surface area contributed by atoms with Crippen molar-refractivity contribution in [1.29, 1.82) is 0 Å². The molecule has 0 aromatic heterocycles. The summed E-state index contributed by atoms with van der Waals surface area (Å²) in [4.78, 5) is 2.03. The summed E-state index contributed by atoms with van der Waals surface area (Å²) in [6, 6.07) is 7.92. The highest BCUT2D eigenvalue weighted by molar-refractivity contribution is 8.00. The van der Waals surface area contributed by atoms with Crippen molar-refractivity contribution in [2.45, 2.75) is 18.5 Å². The van der Waals surface area contributed by atoms with E-state index in [0.29, 0.717) is 6.54 Å². The van der Waals surface area contributed by atoms with Crippen molar-refractivity contribution in [1.82, 2.24) is 0 Å². The molecular weight excluding hydrogens is 261 g/mol. The third-order valence-corrected chi connectivity index (χ3v) is 3.65. The Morgan fingerprint density at radius 2 is 2.11 bits per heavy atom. The van der Waals surface area contributed by atoms with E-state index in [1.165, 1.54) is 0 Å². The number of para-hydroxylation sites is 2. The lowest BCUT2D eigenvalue weighted by Crippen LogP contribution is -2.43. The number of nitrogens with one attached hydrogen (secondary N) is 1. The minimum absolute atomic E-state index is 0.0418. The average Bonchev–Trinajstić information content (AvgIpc) is 2.31. The zero-order valence-electron chi connectivity index (χ0n) is 10.00. The second-order valence-corrected chi connectivity index (χ2v) is 5.39. The first-order chi connectivity index (χ1) is 8.47. The van der Waals surface area contributed by atoms with Crippen LogP contribution in [0.1, 0.15) is 6.92 Å². The number of rotatable bonds is 3. The maximum absolute atomic E-state index is 12.1. The van der Waals surface area contributed by atoms with E-state index < -0.39 is 5.51 Å². The largest absolute Gasteiger partial charge is 0.441 e. The topological polar surface area (TPSA) is 15.3 Å². The van der Waals surface area contributed by atoms with Gasteiger partial charge in [0.15, 0.2) is 0 Å². The third kappa shape index (κ3) is 3.25. The molecule has 0 fully saturated rings. The molecule has 1 heterocycles. The summed E-state index contributed by atoms with van der Waals surface area (Å²) in [5.41, 5.74) is -2.16. The van der Waals surface area contributed by atoms with Crippen LogP contribution in [0.2, 0.25) is 0 Å². The number of hydrogen-bond acceptors (Lipinski definition) is 3. The second-order valence-electron chi connectivity index (χ2n) is 4.23. The van der Waals surface area contributed by atoms with Crippen LogP contribution in [0, 0.1) is 0 Å². The lowest BCUT2D eigenvalue weighted by molar-refractivity contribution is -0.0327. The fourth-order valence-electron chi connectivity index (χ4n) is 2.08. The SMILES string of the molecule is CC1CNc2ccccc2N1CCSC(F)(F)F. The van der Waals surface area contributed by atoms with Crippen LogP contribution in [0.4, 0.5) is 24.5 Å². The van der Waals surface area contributed by atoms with Crippen molar-refractivity contribution < 1.29 is 13.2 Å². The second kappa shape index (κ2) is 5.30. The Morgan fingerprint density at radius 3 is 2.83 bits per heavy atom. The highest BCUT2D eigenvalue weighted by Crippen LogP contribution is 2.33. The van der Waals surface area contributed by atoms with Crippen LogP contribution in [0.15, 0.2) is 24.3 Å². The van der Waals surface area contributed by atoms with Crippen molar-refractivity contribution in [3.63, 3.8) is 0 Å². The fraction of sp³-hybridized carbons (Fsp3) is 0.500. The van der Waals surface area contributed by atoms with E-state index in [2.05, 4.69) is 5.32 Å². The van der Waals surface area contributed by atoms with Gasteiger partial charge in [-0.25, -0.2) is 0 Å². The van der Waals surface area contributed by atoms with Crippen molar-refractivity contribution in [3.8, 4) is 0 Å². The molecule has 0 amide bonds. The highest BCUT2D eigenvalue weighted by Gasteiger charge is 2.29. The predicted octanol–water partition coefficient (Wildman–Crippen LogP) is 3.56. The van der Waals surface area contributed by atoms with Gasteiger partial charge in [-0.05, 0) is 30.8 Å². The Balaban J connectivity index is 2.03.